The first-order valence-electron chi connectivity index (χ1n) is 28.5. The standard InChI is InChI=1S/C61H108O5/c1-4-7-10-13-16-19-22-25-28-30-31-33-34-36-39-42-45-48-51-54-60(62)65-58-59(57-64-56-53-50-47-44-41-38-27-24-21-18-15-12-9-6-3)66-61(63)55-52-49-46-43-40-37-35-32-29-26-23-20-17-14-11-8-5-2/h7,10,16-17,19-20,25-26,28-29,31,33,59H,4-6,8-9,11-15,18,21-24,27,30,32,34-58H2,1-3H3/b10-7-,19-16-,20-17-,28-25-,29-26-,33-31-. The summed E-state index contributed by atoms with van der Waals surface area (Å²) in [4.78, 5) is 25.5. The molecule has 5 nitrogen and oxygen atoms in total. The van der Waals surface area contributed by atoms with Crippen LogP contribution in [0.2, 0.25) is 0 Å². The average Bonchev–Trinajstić information content (AvgIpc) is 3.32. The summed E-state index contributed by atoms with van der Waals surface area (Å²) in [6.45, 7) is 7.70. The number of rotatable bonds is 52. The number of carbonyl (C=O) groups is 2. The van der Waals surface area contributed by atoms with Crippen molar-refractivity contribution in [3.05, 3.63) is 72.9 Å². The maximum atomic E-state index is 12.9. The number of carbonyl (C=O) groups excluding carboxylic acids is 2. The van der Waals surface area contributed by atoms with E-state index in [1.807, 2.05) is 0 Å². The third kappa shape index (κ3) is 54.0. The summed E-state index contributed by atoms with van der Waals surface area (Å²) in [7, 11) is 0. The lowest BCUT2D eigenvalue weighted by Gasteiger charge is -2.18. The Balaban J connectivity index is 4.29. The van der Waals surface area contributed by atoms with E-state index in [1.165, 1.54) is 154 Å². The van der Waals surface area contributed by atoms with Crippen molar-refractivity contribution in [3.63, 3.8) is 0 Å². The second-order valence-electron chi connectivity index (χ2n) is 18.8. The molecule has 1 unspecified atom stereocenters. The van der Waals surface area contributed by atoms with E-state index in [0.717, 1.165) is 89.9 Å². The first-order chi connectivity index (χ1) is 32.6. The third-order valence-corrected chi connectivity index (χ3v) is 12.2. The molecule has 0 aliphatic rings. The molecule has 1 atom stereocenters. The zero-order chi connectivity index (χ0) is 47.7. The number of ether oxygens (including phenoxy) is 3. The van der Waals surface area contributed by atoms with Crippen molar-refractivity contribution in [1.29, 1.82) is 0 Å². The normalized spacial score (nSPS) is 12.7. The molecule has 0 fully saturated rings. The SMILES string of the molecule is CC/C=C\C/C=C\C/C=C\C/C=C\CCCCCCCCC(=O)OCC(COCCCCCCCCCCCCCCCC)OC(=O)CCCCCCCCC/C=C\C/C=C\CCCCC. The van der Waals surface area contributed by atoms with Crippen molar-refractivity contribution < 1.29 is 23.8 Å². The van der Waals surface area contributed by atoms with E-state index in [-0.39, 0.29) is 25.2 Å². The monoisotopic (exact) mass is 921 g/mol. The summed E-state index contributed by atoms with van der Waals surface area (Å²) in [5, 5.41) is 0. The summed E-state index contributed by atoms with van der Waals surface area (Å²) in [6, 6.07) is 0. The molecule has 0 heterocycles. The molecule has 0 radical (unpaired) electrons. The topological polar surface area (TPSA) is 61.8 Å². The van der Waals surface area contributed by atoms with Gasteiger partial charge in [0, 0.05) is 19.4 Å². The van der Waals surface area contributed by atoms with Gasteiger partial charge in [0.2, 0.25) is 0 Å². The molecule has 0 aromatic carbocycles. The summed E-state index contributed by atoms with van der Waals surface area (Å²) < 4.78 is 17.5. The Morgan fingerprint density at radius 3 is 1.12 bits per heavy atom. The molecular formula is C61H108O5. The predicted molar refractivity (Wildman–Crippen MR) is 288 cm³/mol. The number of esters is 2. The molecule has 5 heteroatoms. The van der Waals surface area contributed by atoms with Gasteiger partial charge in [0.1, 0.15) is 6.61 Å². The highest BCUT2D eigenvalue weighted by atomic mass is 16.6. The van der Waals surface area contributed by atoms with Gasteiger partial charge in [0.15, 0.2) is 6.10 Å². The average molecular weight is 922 g/mol. The predicted octanol–water partition coefficient (Wildman–Crippen LogP) is 19.5. The lowest BCUT2D eigenvalue weighted by molar-refractivity contribution is -0.163. The number of hydrogen-bond donors (Lipinski definition) is 0. The molecule has 0 rings (SSSR count). The first-order valence-corrected chi connectivity index (χ1v) is 28.5. The Labute approximate surface area is 410 Å². The van der Waals surface area contributed by atoms with Gasteiger partial charge in [-0.15, -0.1) is 0 Å². The highest BCUT2D eigenvalue weighted by Gasteiger charge is 2.17. The van der Waals surface area contributed by atoms with Gasteiger partial charge >= 0.3 is 11.9 Å². The van der Waals surface area contributed by atoms with Crippen molar-refractivity contribution in [3.8, 4) is 0 Å². The Morgan fingerprint density at radius 1 is 0.348 bits per heavy atom. The molecule has 0 bridgehead atoms. The molecule has 0 aromatic heterocycles. The fourth-order valence-corrected chi connectivity index (χ4v) is 8.00. The van der Waals surface area contributed by atoms with Crippen LogP contribution in [0.15, 0.2) is 72.9 Å². The highest BCUT2D eigenvalue weighted by Crippen LogP contribution is 2.15. The molecule has 66 heavy (non-hydrogen) atoms. The molecule has 382 valence electrons. The molecule has 0 saturated heterocycles. The lowest BCUT2D eigenvalue weighted by atomic mass is 10.0. The van der Waals surface area contributed by atoms with Crippen molar-refractivity contribution in [2.24, 2.45) is 0 Å². The van der Waals surface area contributed by atoms with Crippen LogP contribution in [-0.2, 0) is 23.8 Å². The molecule has 0 spiro atoms. The fraction of sp³-hybridized carbons (Fsp3) is 0.770. The highest BCUT2D eigenvalue weighted by molar-refractivity contribution is 5.70. The van der Waals surface area contributed by atoms with Crippen molar-refractivity contribution >= 4 is 11.9 Å². The van der Waals surface area contributed by atoms with E-state index >= 15 is 0 Å². The van der Waals surface area contributed by atoms with Crippen molar-refractivity contribution in [1.82, 2.24) is 0 Å². The Bertz CT molecular complexity index is 1180. The first kappa shape index (κ1) is 63.3. The maximum absolute atomic E-state index is 12.9. The van der Waals surface area contributed by atoms with Crippen LogP contribution in [-0.4, -0.2) is 37.9 Å². The Hall–Kier alpha value is -2.66. The quantitative estimate of drug-likeness (QED) is 0.0346. The van der Waals surface area contributed by atoms with E-state index in [1.54, 1.807) is 0 Å². The van der Waals surface area contributed by atoms with Gasteiger partial charge in [-0.3, -0.25) is 9.59 Å². The molecule has 0 aromatic rings. The van der Waals surface area contributed by atoms with Crippen LogP contribution >= 0.6 is 0 Å². The second kappa shape index (κ2) is 56.7. The molecule has 0 aliphatic heterocycles. The largest absolute Gasteiger partial charge is 0.462 e. The summed E-state index contributed by atoms with van der Waals surface area (Å²) in [5.41, 5.74) is 0. The van der Waals surface area contributed by atoms with Crippen LogP contribution < -0.4 is 0 Å². The Kier molecular flexibility index (Phi) is 54.4. The minimum Gasteiger partial charge on any atom is -0.462 e. The van der Waals surface area contributed by atoms with E-state index in [2.05, 4.69) is 93.7 Å². The lowest BCUT2D eigenvalue weighted by Crippen LogP contribution is -2.30. The van der Waals surface area contributed by atoms with Gasteiger partial charge in [-0.1, -0.05) is 248 Å². The van der Waals surface area contributed by atoms with Crippen LogP contribution in [0.3, 0.4) is 0 Å². The number of hydrogen-bond acceptors (Lipinski definition) is 5. The maximum Gasteiger partial charge on any atom is 0.306 e. The van der Waals surface area contributed by atoms with Crippen LogP contribution in [0.25, 0.3) is 0 Å². The van der Waals surface area contributed by atoms with E-state index in [0.29, 0.717) is 19.4 Å². The number of unbranched alkanes of at least 4 members (excludes halogenated alkanes) is 29. The van der Waals surface area contributed by atoms with Gasteiger partial charge in [-0.05, 0) is 89.9 Å². The van der Waals surface area contributed by atoms with Crippen molar-refractivity contribution in [2.45, 2.75) is 284 Å². The van der Waals surface area contributed by atoms with Gasteiger partial charge in [0.05, 0.1) is 6.61 Å². The van der Waals surface area contributed by atoms with Crippen LogP contribution in [0, 0.1) is 0 Å². The minimum absolute atomic E-state index is 0.0749. The Morgan fingerprint density at radius 2 is 0.682 bits per heavy atom. The second-order valence-corrected chi connectivity index (χ2v) is 18.8. The van der Waals surface area contributed by atoms with Crippen LogP contribution in [0.4, 0.5) is 0 Å². The van der Waals surface area contributed by atoms with Gasteiger partial charge < -0.3 is 14.2 Å². The molecule has 0 saturated carbocycles. The van der Waals surface area contributed by atoms with E-state index in [4.69, 9.17) is 14.2 Å². The van der Waals surface area contributed by atoms with Crippen LogP contribution in [0.5, 0.6) is 0 Å². The molecule has 0 amide bonds. The van der Waals surface area contributed by atoms with Gasteiger partial charge in [-0.25, -0.2) is 0 Å². The summed E-state index contributed by atoms with van der Waals surface area (Å²) in [6.07, 6.45) is 73.4. The molecule has 0 aliphatic carbocycles. The third-order valence-electron chi connectivity index (χ3n) is 12.2. The summed E-state index contributed by atoms with van der Waals surface area (Å²) in [5.74, 6) is -0.413. The van der Waals surface area contributed by atoms with E-state index in [9.17, 15) is 9.59 Å². The summed E-state index contributed by atoms with van der Waals surface area (Å²) >= 11 is 0. The van der Waals surface area contributed by atoms with E-state index < -0.39 is 6.10 Å². The van der Waals surface area contributed by atoms with Crippen molar-refractivity contribution in [2.75, 3.05) is 19.8 Å². The smallest absolute Gasteiger partial charge is 0.306 e. The minimum atomic E-state index is -0.547. The molecule has 0 N–H and O–H groups in total. The molecular weight excluding hydrogens is 813 g/mol. The van der Waals surface area contributed by atoms with Crippen LogP contribution in [0.1, 0.15) is 278 Å². The number of allylic oxidation sites excluding steroid dienone is 12. The fourth-order valence-electron chi connectivity index (χ4n) is 8.00. The van der Waals surface area contributed by atoms with Gasteiger partial charge in [0.25, 0.3) is 0 Å². The van der Waals surface area contributed by atoms with Gasteiger partial charge in [-0.2, -0.15) is 0 Å². The zero-order valence-electron chi connectivity index (χ0n) is 44.0. The zero-order valence-corrected chi connectivity index (χ0v) is 44.0.